The van der Waals surface area contributed by atoms with E-state index >= 15 is 0 Å². The second-order valence-corrected chi connectivity index (χ2v) is 6.66. The summed E-state index contributed by atoms with van der Waals surface area (Å²) in [5.74, 6) is -0.0611. The Hall–Kier alpha value is -0.580. The smallest absolute Gasteiger partial charge is 0.239 e. The lowest BCUT2D eigenvalue weighted by Gasteiger charge is -2.28. The predicted octanol–water partition coefficient (Wildman–Crippen LogP) is 3.08. The number of thiophene rings is 1. The number of carbonyl (C=O) groups excluding carboxylic acids is 1. The highest BCUT2D eigenvalue weighted by molar-refractivity contribution is 7.10. The van der Waals surface area contributed by atoms with E-state index in [0.717, 1.165) is 6.42 Å². The number of amides is 1. The predicted molar refractivity (Wildman–Crippen MR) is 85.1 cm³/mol. The van der Waals surface area contributed by atoms with Crippen molar-refractivity contribution in [2.45, 2.75) is 51.5 Å². The molecule has 0 radical (unpaired) electrons. The zero-order chi connectivity index (χ0) is 13.8. The van der Waals surface area contributed by atoms with E-state index in [1.165, 1.54) is 4.88 Å². The van der Waals surface area contributed by atoms with Crippen molar-refractivity contribution in [2.75, 3.05) is 6.54 Å². The molecule has 0 spiro atoms. The molecule has 0 aliphatic carbocycles. The molecule has 0 saturated carbocycles. The van der Waals surface area contributed by atoms with Crippen LogP contribution in [0.5, 0.6) is 0 Å². The van der Waals surface area contributed by atoms with Gasteiger partial charge in [-0.1, -0.05) is 33.3 Å². The van der Waals surface area contributed by atoms with Gasteiger partial charge in [0.2, 0.25) is 5.91 Å². The van der Waals surface area contributed by atoms with Gasteiger partial charge in [0.15, 0.2) is 0 Å². The quantitative estimate of drug-likeness (QED) is 0.848. The van der Waals surface area contributed by atoms with Crippen molar-refractivity contribution in [2.24, 2.45) is 5.73 Å². The topological polar surface area (TPSA) is 55.1 Å². The molecule has 0 aliphatic heterocycles. The van der Waals surface area contributed by atoms with Gasteiger partial charge in [-0.25, -0.2) is 0 Å². The number of hydrogen-bond donors (Lipinski definition) is 2. The maximum absolute atomic E-state index is 12.0. The summed E-state index contributed by atoms with van der Waals surface area (Å²) in [4.78, 5) is 13.3. The first-order chi connectivity index (χ1) is 8.29. The molecule has 1 amide bonds. The van der Waals surface area contributed by atoms with E-state index in [2.05, 4.69) is 30.6 Å². The lowest BCUT2D eigenvalue weighted by molar-refractivity contribution is -0.126. The second-order valence-electron chi connectivity index (χ2n) is 5.71. The average molecular weight is 305 g/mol. The van der Waals surface area contributed by atoms with Crippen LogP contribution in [-0.4, -0.2) is 18.0 Å². The fraction of sp³-hybridized carbons (Fsp3) is 0.643. The molecule has 3 N–H and O–H groups in total. The van der Waals surface area contributed by atoms with Crippen LogP contribution in [0, 0.1) is 0 Å². The molecule has 0 aromatic carbocycles. The van der Waals surface area contributed by atoms with Crippen molar-refractivity contribution >= 4 is 29.7 Å². The highest BCUT2D eigenvalue weighted by atomic mass is 35.5. The summed E-state index contributed by atoms with van der Waals surface area (Å²) in [6.45, 7) is 8.71. The first-order valence-electron chi connectivity index (χ1n) is 6.41. The van der Waals surface area contributed by atoms with Crippen molar-refractivity contribution in [1.29, 1.82) is 0 Å². The van der Waals surface area contributed by atoms with Gasteiger partial charge in [0.1, 0.15) is 0 Å². The van der Waals surface area contributed by atoms with E-state index in [1.54, 1.807) is 18.3 Å². The maximum Gasteiger partial charge on any atom is 0.239 e. The van der Waals surface area contributed by atoms with Crippen LogP contribution in [0.4, 0.5) is 0 Å². The fourth-order valence-corrected chi connectivity index (χ4v) is 2.74. The number of halogens is 1. The Balaban J connectivity index is 0.00000324. The summed E-state index contributed by atoms with van der Waals surface area (Å²) in [5.41, 5.74) is 5.20. The molecule has 1 atom stereocenters. The monoisotopic (exact) mass is 304 g/mol. The number of nitrogens with two attached hydrogens (primary N) is 1. The highest BCUT2D eigenvalue weighted by Gasteiger charge is 2.29. The number of hydrogen-bond acceptors (Lipinski definition) is 3. The standard InChI is InChI=1S/C14H24N2OS.ClH/c1-5-8-14(4,15)12(17)16-10-13(2,3)11-7-6-9-18-11;/h6-7,9H,5,8,10,15H2,1-4H3,(H,16,17);1H. The Morgan fingerprint density at radius 1 is 1.42 bits per heavy atom. The Morgan fingerprint density at radius 3 is 2.53 bits per heavy atom. The van der Waals surface area contributed by atoms with Crippen molar-refractivity contribution in [1.82, 2.24) is 5.32 Å². The van der Waals surface area contributed by atoms with Crippen LogP contribution in [0.1, 0.15) is 45.4 Å². The number of nitrogens with one attached hydrogen (secondary N) is 1. The van der Waals surface area contributed by atoms with Gasteiger partial charge < -0.3 is 11.1 Å². The second kappa shape index (κ2) is 7.27. The minimum atomic E-state index is -0.764. The van der Waals surface area contributed by atoms with E-state index in [0.29, 0.717) is 13.0 Å². The van der Waals surface area contributed by atoms with Gasteiger partial charge in [-0.2, -0.15) is 0 Å². The van der Waals surface area contributed by atoms with Crippen molar-refractivity contribution in [3.05, 3.63) is 22.4 Å². The minimum Gasteiger partial charge on any atom is -0.354 e. The molecule has 1 unspecified atom stereocenters. The van der Waals surface area contributed by atoms with Crippen LogP contribution in [0.3, 0.4) is 0 Å². The minimum absolute atomic E-state index is 0. The van der Waals surface area contributed by atoms with Gasteiger partial charge in [-0.15, -0.1) is 23.7 Å². The van der Waals surface area contributed by atoms with Crippen LogP contribution in [-0.2, 0) is 10.2 Å². The SMILES string of the molecule is CCCC(C)(N)C(=O)NCC(C)(C)c1cccs1.Cl. The molecule has 1 aromatic rings. The van der Waals surface area contributed by atoms with Crippen LogP contribution in [0.2, 0.25) is 0 Å². The van der Waals surface area contributed by atoms with Crippen LogP contribution in [0.25, 0.3) is 0 Å². The van der Waals surface area contributed by atoms with Crippen LogP contribution < -0.4 is 11.1 Å². The van der Waals surface area contributed by atoms with Gasteiger partial charge in [-0.05, 0) is 24.8 Å². The molecule has 0 fully saturated rings. The Kier molecular flexibility index (Phi) is 7.05. The third kappa shape index (κ3) is 5.13. The summed E-state index contributed by atoms with van der Waals surface area (Å²) < 4.78 is 0. The molecule has 0 bridgehead atoms. The fourth-order valence-electron chi connectivity index (χ4n) is 1.89. The van der Waals surface area contributed by atoms with Gasteiger partial charge >= 0.3 is 0 Å². The number of rotatable bonds is 6. The largest absolute Gasteiger partial charge is 0.354 e. The Morgan fingerprint density at radius 2 is 2.05 bits per heavy atom. The molecule has 0 aliphatic rings. The molecule has 110 valence electrons. The third-order valence-electron chi connectivity index (χ3n) is 3.17. The molecule has 1 rings (SSSR count). The van der Waals surface area contributed by atoms with Crippen molar-refractivity contribution in [3.8, 4) is 0 Å². The van der Waals surface area contributed by atoms with E-state index in [-0.39, 0.29) is 23.7 Å². The summed E-state index contributed by atoms with van der Waals surface area (Å²) in [5, 5.41) is 5.04. The first-order valence-corrected chi connectivity index (χ1v) is 7.29. The molecular formula is C14H25ClN2OS. The lowest BCUT2D eigenvalue weighted by atomic mass is 9.90. The molecule has 3 nitrogen and oxygen atoms in total. The summed E-state index contributed by atoms with van der Waals surface area (Å²) >= 11 is 1.72. The molecule has 5 heteroatoms. The Bertz CT molecular complexity index is 388. The normalized spacial score (nSPS) is 14.4. The molecular weight excluding hydrogens is 280 g/mol. The van der Waals surface area contributed by atoms with Crippen molar-refractivity contribution < 1.29 is 4.79 Å². The van der Waals surface area contributed by atoms with Gasteiger partial charge in [0.05, 0.1) is 5.54 Å². The average Bonchev–Trinajstić information content (AvgIpc) is 2.79. The van der Waals surface area contributed by atoms with E-state index in [9.17, 15) is 4.79 Å². The first kappa shape index (κ1) is 18.4. The summed E-state index contributed by atoms with van der Waals surface area (Å²) in [6.07, 6.45) is 1.62. The zero-order valence-electron chi connectivity index (χ0n) is 12.2. The molecule has 19 heavy (non-hydrogen) atoms. The van der Waals surface area contributed by atoms with Gasteiger partial charge in [0.25, 0.3) is 0 Å². The molecule has 1 aromatic heterocycles. The van der Waals surface area contributed by atoms with Gasteiger partial charge in [0, 0.05) is 16.8 Å². The molecule has 0 saturated heterocycles. The summed E-state index contributed by atoms with van der Waals surface area (Å²) in [6, 6.07) is 4.14. The Labute approximate surface area is 126 Å². The third-order valence-corrected chi connectivity index (χ3v) is 4.40. The summed E-state index contributed by atoms with van der Waals surface area (Å²) in [7, 11) is 0. The van der Waals surface area contributed by atoms with Crippen LogP contribution in [0.15, 0.2) is 17.5 Å². The van der Waals surface area contributed by atoms with E-state index in [1.807, 2.05) is 13.0 Å². The highest BCUT2D eigenvalue weighted by Crippen LogP contribution is 2.26. The van der Waals surface area contributed by atoms with Gasteiger partial charge in [-0.3, -0.25) is 4.79 Å². The maximum atomic E-state index is 12.0. The van der Waals surface area contributed by atoms with Crippen LogP contribution >= 0.6 is 23.7 Å². The number of carbonyl (C=O) groups is 1. The van der Waals surface area contributed by atoms with E-state index < -0.39 is 5.54 Å². The molecule has 1 heterocycles. The zero-order valence-corrected chi connectivity index (χ0v) is 13.8. The lowest BCUT2D eigenvalue weighted by Crippen LogP contribution is -2.53. The van der Waals surface area contributed by atoms with E-state index in [4.69, 9.17) is 5.73 Å². The van der Waals surface area contributed by atoms with Crippen molar-refractivity contribution in [3.63, 3.8) is 0 Å².